The quantitative estimate of drug-likeness (QED) is 0.823. The second-order valence-electron chi connectivity index (χ2n) is 3.48. The molecule has 2 aromatic rings. The van der Waals surface area contributed by atoms with Crippen LogP contribution in [-0.4, -0.2) is 33.8 Å². The Kier molecular flexibility index (Phi) is 3.48. The number of ether oxygens (including phenoxy) is 1. The Morgan fingerprint density at radius 3 is 2.68 bits per heavy atom. The van der Waals surface area contributed by atoms with Gasteiger partial charge in [-0.2, -0.15) is 9.67 Å². The molecule has 0 saturated heterocycles. The van der Waals surface area contributed by atoms with Crippen molar-refractivity contribution in [2.24, 2.45) is 0 Å². The average Bonchev–Trinajstić information content (AvgIpc) is 2.80. The van der Waals surface area contributed by atoms with Crippen LogP contribution in [0.1, 0.15) is 21.0 Å². The maximum absolute atomic E-state index is 12.2. The van der Waals surface area contributed by atoms with Gasteiger partial charge in [0.1, 0.15) is 0 Å². The Balaban J connectivity index is 2.43. The molecule has 19 heavy (non-hydrogen) atoms. The fraction of sp³-hybridized carbons (Fsp3) is 0.0909. The van der Waals surface area contributed by atoms with E-state index < -0.39 is 11.9 Å². The lowest BCUT2D eigenvalue weighted by molar-refractivity contribution is 0.0587. The van der Waals surface area contributed by atoms with E-state index >= 15 is 0 Å². The highest BCUT2D eigenvalue weighted by molar-refractivity contribution is 6.33. The lowest BCUT2D eigenvalue weighted by atomic mass is 10.2. The number of benzene rings is 1. The molecule has 0 unspecified atom stereocenters. The lowest BCUT2D eigenvalue weighted by Crippen LogP contribution is -2.17. The van der Waals surface area contributed by atoms with Gasteiger partial charge in [-0.1, -0.05) is 23.7 Å². The molecule has 1 heterocycles. The van der Waals surface area contributed by atoms with Crippen LogP contribution in [0.15, 0.2) is 24.3 Å². The standard InChI is InChI=1S/C11H9ClN4O3/c1-19-10(18)8-14-11(13)16(15-8)9(17)6-4-2-3-5-7(6)12/h2-5H,1H3,(H2,13,14,15). The van der Waals surface area contributed by atoms with Gasteiger partial charge in [0, 0.05) is 0 Å². The number of carbonyl (C=O) groups excluding carboxylic acids is 2. The fourth-order valence-corrected chi connectivity index (χ4v) is 1.62. The summed E-state index contributed by atoms with van der Waals surface area (Å²) in [4.78, 5) is 27.1. The number of esters is 1. The van der Waals surface area contributed by atoms with Crippen molar-refractivity contribution in [1.29, 1.82) is 0 Å². The highest BCUT2D eigenvalue weighted by Gasteiger charge is 2.21. The molecular formula is C11H9ClN4O3. The number of hydrogen-bond acceptors (Lipinski definition) is 6. The highest BCUT2D eigenvalue weighted by Crippen LogP contribution is 2.17. The van der Waals surface area contributed by atoms with Crippen molar-refractivity contribution in [3.8, 4) is 0 Å². The maximum atomic E-state index is 12.2. The minimum absolute atomic E-state index is 0.206. The minimum atomic E-state index is -0.780. The maximum Gasteiger partial charge on any atom is 0.378 e. The summed E-state index contributed by atoms with van der Waals surface area (Å²) < 4.78 is 5.24. The molecule has 1 aromatic carbocycles. The lowest BCUT2D eigenvalue weighted by Gasteiger charge is -2.03. The van der Waals surface area contributed by atoms with E-state index in [9.17, 15) is 9.59 Å². The zero-order valence-electron chi connectivity index (χ0n) is 9.83. The summed E-state index contributed by atoms with van der Waals surface area (Å²) in [6, 6.07) is 6.41. The molecule has 2 rings (SSSR count). The number of carbonyl (C=O) groups is 2. The topological polar surface area (TPSA) is 100 Å². The van der Waals surface area contributed by atoms with Crippen LogP contribution in [0.2, 0.25) is 5.02 Å². The zero-order valence-corrected chi connectivity index (χ0v) is 10.6. The molecule has 8 heteroatoms. The molecule has 0 bridgehead atoms. The summed E-state index contributed by atoms with van der Waals surface area (Å²) >= 11 is 5.90. The van der Waals surface area contributed by atoms with Crippen molar-refractivity contribution in [3.63, 3.8) is 0 Å². The number of nitrogens with two attached hydrogens (primary N) is 1. The molecule has 0 spiro atoms. The van der Waals surface area contributed by atoms with Crippen LogP contribution in [0, 0.1) is 0 Å². The Morgan fingerprint density at radius 1 is 1.37 bits per heavy atom. The van der Waals surface area contributed by atoms with Crippen molar-refractivity contribution >= 4 is 29.4 Å². The van der Waals surface area contributed by atoms with Crippen molar-refractivity contribution in [1.82, 2.24) is 14.8 Å². The van der Waals surface area contributed by atoms with Crippen LogP contribution in [0.5, 0.6) is 0 Å². The first-order chi connectivity index (χ1) is 9.04. The van der Waals surface area contributed by atoms with E-state index in [0.717, 1.165) is 4.68 Å². The predicted octanol–water partition coefficient (Wildman–Crippen LogP) is 0.989. The molecule has 0 atom stereocenters. The van der Waals surface area contributed by atoms with Crippen molar-refractivity contribution in [2.75, 3.05) is 12.8 Å². The van der Waals surface area contributed by atoms with E-state index in [1.807, 2.05) is 0 Å². The van der Waals surface area contributed by atoms with Crippen LogP contribution >= 0.6 is 11.6 Å². The van der Waals surface area contributed by atoms with Gasteiger partial charge in [-0.15, -0.1) is 5.10 Å². The number of anilines is 1. The number of methoxy groups -OCH3 is 1. The van der Waals surface area contributed by atoms with E-state index in [1.54, 1.807) is 18.2 Å². The van der Waals surface area contributed by atoms with Crippen LogP contribution in [0.3, 0.4) is 0 Å². The van der Waals surface area contributed by atoms with Gasteiger partial charge in [-0.25, -0.2) is 4.79 Å². The van der Waals surface area contributed by atoms with Crippen LogP contribution in [0.4, 0.5) is 5.95 Å². The third-order valence-corrected chi connectivity index (χ3v) is 2.63. The van der Waals surface area contributed by atoms with Gasteiger partial charge >= 0.3 is 5.97 Å². The molecule has 0 amide bonds. The van der Waals surface area contributed by atoms with Crippen molar-refractivity contribution in [2.45, 2.75) is 0 Å². The first kappa shape index (κ1) is 13.0. The third kappa shape index (κ3) is 2.41. The molecule has 7 nitrogen and oxygen atoms in total. The zero-order chi connectivity index (χ0) is 14.0. The molecule has 0 saturated carbocycles. The molecule has 0 fully saturated rings. The number of hydrogen-bond donors (Lipinski definition) is 1. The number of nitrogen functional groups attached to an aromatic ring is 1. The number of aromatic nitrogens is 3. The van der Waals surface area contributed by atoms with E-state index in [1.165, 1.54) is 13.2 Å². The Hall–Kier alpha value is -2.41. The van der Waals surface area contributed by atoms with Gasteiger partial charge in [-0.05, 0) is 12.1 Å². The summed E-state index contributed by atoms with van der Waals surface area (Å²) in [6.45, 7) is 0. The van der Waals surface area contributed by atoms with Gasteiger partial charge in [0.15, 0.2) is 0 Å². The summed E-state index contributed by atoms with van der Waals surface area (Å²) in [6.07, 6.45) is 0. The molecule has 2 N–H and O–H groups in total. The normalized spacial score (nSPS) is 10.2. The van der Waals surface area contributed by atoms with Gasteiger partial charge < -0.3 is 10.5 Å². The average molecular weight is 281 g/mol. The molecular weight excluding hydrogens is 272 g/mol. The number of nitrogens with zero attached hydrogens (tertiary/aromatic N) is 3. The van der Waals surface area contributed by atoms with E-state index in [4.69, 9.17) is 17.3 Å². The third-order valence-electron chi connectivity index (χ3n) is 2.30. The van der Waals surface area contributed by atoms with Crippen LogP contribution < -0.4 is 5.73 Å². The second kappa shape index (κ2) is 5.07. The summed E-state index contributed by atoms with van der Waals surface area (Å²) in [5.74, 6) is -1.87. The van der Waals surface area contributed by atoms with Crippen molar-refractivity contribution in [3.05, 3.63) is 40.7 Å². The predicted molar refractivity (Wildman–Crippen MR) is 67.0 cm³/mol. The Labute approximate surface area is 112 Å². The molecule has 0 radical (unpaired) electrons. The Bertz CT molecular complexity index is 653. The molecule has 0 aliphatic heterocycles. The first-order valence-electron chi connectivity index (χ1n) is 5.14. The van der Waals surface area contributed by atoms with Gasteiger partial charge in [0.05, 0.1) is 17.7 Å². The summed E-state index contributed by atoms with van der Waals surface area (Å²) in [5.41, 5.74) is 5.75. The first-order valence-corrected chi connectivity index (χ1v) is 5.52. The molecule has 1 aromatic heterocycles. The van der Waals surface area contributed by atoms with Gasteiger partial charge in [-0.3, -0.25) is 4.79 Å². The van der Waals surface area contributed by atoms with Gasteiger partial charge in [0.25, 0.3) is 11.7 Å². The highest BCUT2D eigenvalue weighted by atomic mass is 35.5. The largest absolute Gasteiger partial charge is 0.463 e. The van der Waals surface area contributed by atoms with E-state index in [-0.39, 0.29) is 22.4 Å². The Morgan fingerprint density at radius 2 is 2.05 bits per heavy atom. The minimum Gasteiger partial charge on any atom is -0.463 e. The van der Waals surface area contributed by atoms with Gasteiger partial charge in [0.2, 0.25) is 5.95 Å². The molecule has 98 valence electrons. The van der Waals surface area contributed by atoms with Crippen LogP contribution in [0.25, 0.3) is 0 Å². The number of halogens is 1. The summed E-state index contributed by atoms with van der Waals surface area (Å²) in [5, 5.41) is 3.95. The smallest absolute Gasteiger partial charge is 0.378 e. The van der Waals surface area contributed by atoms with E-state index in [2.05, 4.69) is 14.8 Å². The monoisotopic (exact) mass is 280 g/mol. The summed E-state index contributed by atoms with van der Waals surface area (Å²) in [7, 11) is 1.18. The molecule has 0 aliphatic rings. The van der Waals surface area contributed by atoms with E-state index in [0.29, 0.717) is 0 Å². The second-order valence-corrected chi connectivity index (χ2v) is 3.89. The SMILES string of the molecule is COC(=O)c1nc(N)n(C(=O)c2ccccc2Cl)n1. The van der Waals surface area contributed by atoms with Crippen molar-refractivity contribution < 1.29 is 14.3 Å². The van der Waals surface area contributed by atoms with Crippen LogP contribution in [-0.2, 0) is 4.74 Å². The fourth-order valence-electron chi connectivity index (χ4n) is 1.40. The number of rotatable bonds is 2. The molecule has 0 aliphatic carbocycles.